The summed E-state index contributed by atoms with van der Waals surface area (Å²) in [7, 11) is 0. The van der Waals surface area contributed by atoms with Crippen LogP contribution in [0.3, 0.4) is 0 Å². The Morgan fingerprint density at radius 1 is 1.06 bits per heavy atom. The molecule has 4 rings (SSSR count). The zero-order valence-electron chi connectivity index (χ0n) is 18.0. The summed E-state index contributed by atoms with van der Waals surface area (Å²) < 4.78 is 0.638. The van der Waals surface area contributed by atoms with Crippen molar-refractivity contribution in [1.82, 2.24) is 0 Å². The summed E-state index contributed by atoms with van der Waals surface area (Å²) >= 11 is 15.8. The number of benzene rings is 2. The minimum absolute atomic E-state index is 0.127. The summed E-state index contributed by atoms with van der Waals surface area (Å²) in [5, 5.41) is 7.95. The lowest BCUT2D eigenvalue weighted by atomic mass is 9.64. The second-order valence-electron chi connectivity index (χ2n) is 9.17. The number of oxime groups is 1. The zero-order valence-corrected chi connectivity index (χ0v) is 21.1. The summed E-state index contributed by atoms with van der Waals surface area (Å²) in [5.74, 6) is -0.670. The number of rotatable bonds is 4. The van der Waals surface area contributed by atoms with Crippen molar-refractivity contribution >= 4 is 62.4 Å². The van der Waals surface area contributed by atoms with Crippen LogP contribution in [0.4, 0.5) is 5.69 Å². The van der Waals surface area contributed by atoms with Crippen molar-refractivity contribution in [2.75, 3.05) is 5.32 Å². The highest BCUT2D eigenvalue weighted by Gasteiger charge is 2.71. The lowest BCUT2D eigenvalue weighted by Gasteiger charge is -2.39. The third-order valence-corrected chi connectivity index (χ3v) is 9.21. The Labute approximate surface area is 205 Å². The molecule has 0 radical (unpaired) electrons. The standard InChI is InChI=1S/C24H23BrCl2N2O3/c1-22(2)23(3)11-12-24(22,21(31)28-17-10-6-9-16(26)19(17)27)13-18(23)29-32-20(30)14-7-4-5-8-15(14)25/h4-10H,11-13H2,1-3H3,(H,28,31). The molecule has 1 amide bonds. The maximum atomic E-state index is 13.6. The number of nitrogens with one attached hydrogen (secondary N) is 1. The van der Waals surface area contributed by atoms with Crippen LogP contribution in [-0.2, 0) is 9.63 Å². The summed E-state index contributed by atoms with van der Waals surface area (Å²) in [4.78, 5) is 31.5. The molecule has 2 saturated carbocycles. The van der Waals surface area contributed by atoms with Gasteiger partial charge in [0.15, 0.2) is 0 Å². The van der Waals surface area contributed by atoms with Crippen LogP contribution in [0.2, 0.25) is 10.0 Å². The second kappa shape index (κ2) is 8.15. The predicted octanol–water partition coefficient (Wildman–Crippen LogP) is 7.12. The molecule has 0 heterocycles. The molecule has 2 unspecified atom stereocenters. The van der Waals surface area contributed by atoms with E-state index < -0.39 is 16.8 Å². The van der Waals surface area contributed by atoms with E-state index in [0.717, 1.165) is 12.1 Å². The van der Waals surface area contributed by atoms with Crippen LogP contribution >= 0.6 is 39.1 Å². The van der Waals surface area contributed by atoms with E-state index in [1.807, 2.05) is 6.07 Å². The molecule has 2 aliphatic carbocycles. The number of nitrogens with zero attached hydrogens (tertiary/aromatic N) is 1. The Balaban J connectivity index is 1.62. The molecule has 168 valence electrons. The van der Waals surface area contributed by atoms with Gasteiger partial charge in [0.05, 0.1) is 32.4 Å². The molecule has 2 aromatic rings. The van der Waals surface area contributed by atoms with E-state index in [9.17, 15) is 9.59 Å². The molecule has 5 nitrogen and oxygen atoms in total. The molecule has 0 aliphatic heterocycles. The van der Waals surface area contributed by atoms with Crippen LogP contribution in [0, 0.1) is 16.2 Å². The van der Waals surface area contributed by atoms with Crippen molar-refractivity contribution in [3.05, 3.63) is 62.5 Å². The van der Waals surface area contributed by atoms with Gasteiger partial charge in [0.25, 0.3) is 0 Å². The first-order valence-electron chi connectivity index (χ1n) is 10.3. The Hall–Kier alpha value is -1.89. The molecule has 2 fully saturated rings. The van der Waals surface area contributed by atoms with Crippen molar-refractivity contribution in [1.29, 1.82) is 0 Å². The molecular formula is C24H23BrCl2N2O3. The van der Waals surface area contributed by atoms with Crippen molar-refractivity contribution in [2.24, 2.45) is 21.4 Å². The number of halogens is 3. The SMILES string of the molecule is CC12CCC(C(=O)Nc3cccc(Cl)c3Cl)(CC1=NOC(=O)c1ccccc1Br)C2(C)C. The first-order chi connectivity index (χ1) is 15.0. The van der Waals surface area contributed by atoms with Gasteiger partial charge in [0.2, 0.25) is 5.91 Å². The quantitative estimate of drug-likeness (QED) is 0.333. The van der Waals surface area contributed by atoms with E-state index in [1.165, 1.54) is 0 Å². The molecule has 0 aromatic heterocycles. The summed E-state index contributed by atoms with van der Waals surface area (Å²) in [6, 6.07) is 12.2. The average molecular weight is 538 g/mol. The number of carbonyl (C=O) groups is 2. The van der Waals surface area contributed by atoms with Gasteiger partial charge < -0.3 is 10.2 Å². The fourth-order valence-corrected chi connectivity index (χ4v) is 5.93. The molecular weight excluding hydrogens is 515 g/mol. The highest BCUT2D eigenvalue weighted by atomic mass is 79.9. The highest BCUT2D eigenvalue weighted by molar-refractivity contribution is 9.10. The van der Waals surface area contributed by atoms with Gasteiger partial charge in [-0.15, -0.1) is 0 Å². The van der Waals surface area contributed by atoms with Crippen LogP contribution < -0.4 is 5.32 Å². The van der Waals surface area contributed by atoms with Crippen molar-refractivity contribution in [2.45, 2.75) is 40.0 Å². The van der Waals surface area contributed by atoms with E-state index in [0.29, 0.717) is 38.6 Å². The van der Waals surface area contributed by atoms with Gasteiger partial charge >= 0.3 is 5.97 Å². The molecule has 32 heavy (non-hydrogen) atoms. The Bertz CT molecular complexity index is 1150. The third-order valence-electron chi connectivity index (χ3n) is 7.70. The number of hydrogen-bond acceptors (Lipinski definition) is 4. The maximum absolute atomic E-state index is 13.6. The topological polar surface area (TPSA) is 67.8 Å². The van der Waals surface area contributed by atoms with Crippen LogP contribution in [0.15, 0.2) is 52.1 Å². The van der Waals surface area contributed by atoms with Crippen LogP contribution in [0.25, 0.3) is 0 Å². The van der Waals surface area contributed by atoms with Gasteiger partial charge in [-0.3, -0.25) is 4.79 Å². The Morgan fingerprint density at radius 2 is 1.78 bits per heavy atom. The fraction of sp³-hybridized carbons (Fsp3) is 0.375. The number of fused-ring (bicyclic) bond motifs is 2. The van der Waals surface area contributed by atoms with Crippen LogP contribution in [0.1, 0.15) is 50.4 Å². The monoisotopic (exact) mass is 536 g/mol. The maximum Gasteiger partial charge on any atom is 0.366 e. The molecule has 0 spiro atoms. The van der Waals surface area contributed by atoms with Gasteiger partial charge in [0.1, 0.15) is 0 Å². The highest BCUT2D eigenvalue weighted by Crippen LogP contribution is 2.71. The Kier molecular flexibility index (Phi) is 5.93. The number of carbonyl (C=O) groups excluding carboxylic acids is 2. The summed E-state index contributed by atoms with van der Waals surface area (Å²) in [6.45, 7) is 6.25. The third kappa shape index (κ3) is 3.39. The first kappa shape index (κ1) is 23.3. The average Bonchev–Trinajstić information content (AvgIpc) is 3.06. The lowest BCUT2D eigenvalue weighted by Crippen LogP contribution is -2.43. The second-order valence-corrected chi connectivity index (χ2v) is 10.8. The largest absolute Gasteiger partial charge is 0.366 e. The van der Waals surface area contributed by atoms with Crippen LogP contribution in [0.5, 0.6) is 0 Å². The molecule has 2 bridgehead atoms. The fourth-order valence-electron chi connectivity index (χ4n) is 5.14. The molecule has 0 saturated heterocycles. The van der Waals surface area contributed by atoms with Crippen molar-refractivity contribution < 1.29 is 14.4 Å². The van der Waals surface area contributed by atoms with Gasteiger partial charge in [-0.25, -0.2) is 4.79 Å². The van der Waals surface area contributed by atoms with E-state index >= 15 is 0 Å². The van der Waals surface area contributed by atoms with Crippen LogP contribution in [-0.4, -0.2) is 17.6 Å². The molecule has 1 N–H and O–H groups in total. The predicted molar refractivity (Wildman–Crippen MR) is 130 cm³/mol. The van der Waals surface area contributed by atoms with Gasteiger partial charge in [-0.05, 0) is 58.5 Å². The number of amides is 1. The van der Waals surface area contributed by atoms with E-state index in [1.54, 1.807) is 36.4 Å². The van der Waals surface area contributed by atoms with E-state index in [4.69, 9.17) is 28.0 Å². The lowest BCUT2D eigenvalue weighted by molar-refractivity contribution is -0.130. The molecule has 8 heteroatoms. The molecule has 2 aromatic carbocycles. The molecule has 2 aliphatic rings. The minimum Gasteiger partial charge on any atom is -0.324 e. The van der Waals surface area contributed by atoms with Gasteiger partial charge in [-0.1, -0.05) is 67.3 Å². The smallest absolute Gasteiger partial charge is 0.324 e. The summed E-state index contributed by atoms with van der Waals surface area (Å²) in [5.41, 5.74) is 0.110. The van der Waals surface area contributed by atoms with Crippen molar-refractivity contribution in [3.63, 3.8) is 0 Å². The van der Waals surface area contributed by atoms with Crippen molar-refractivity contribution in [3.8, 4) is 0 Å². The number of hydrogen-bond donors (Lipinski definition) is 1. The van der Waals surface area contributed by atoms with Gasteiger partial charge in [0, 0.05) is 16.3 Å². The zero-order chi connectivity index (χ0) is 23.3. The summed E-state index contributed by atoms with van der Waals surface area (Å²) in [6.07, 6.45) is 1.88. The number of anilines is 1. The Morgan fingerprint density at radius 3 is 2.50 bits per heavy atom. The van der Waals surface area contributed by atoms with Gasteiger partial charge in [-0.2, -0.15) is 0 Å². The molecule has 2 atom stereocenters. The minimum atomic E-state index is -0.702. The van der Waals surface area contributed by atoms with E-state index in [-0.39, 0.29) is 11.3 Å². The normalized spacial score (nSPS) is 26.9. The first-order valence-corrected chi connectivity index (χ1v) is 11.9. The van der Waals surface area contributed by atoms with E-state index in [2.05, 4.69) is 47.2 Å².